The summed E-state index contributed by atoms with van der Waals surface area (Å²) in [5, 5.41) is 0. The highest BCUT2D eigenvalue weighted by Gasteiger charge is 2.36. The zero-order valence-corrected chi connectivity index (χ0v) is 10.0. The molecule has 0 aliphatic carbocycles. The lowest BCUT2D eigenvalue weighted by atomic mass is 9.85. The topological polar surface area (TPSA) is 35.5 Å². The molecule has 0 bridgehead atoms. The Labute approximate surface area is 95.4 Å². The lowest BCUT2D eigenvalue weighted by molar-refractivity contribution is -0.142. The Bertz CT molecular complexity index is 429. The van der Waals surface area contributed by atoms with Crippen LogP contribution in [0.1, 0.15) is 38.0 Å². The number of hydrogen-bond donors (Lipinski definition) is 0. The van der Waals surface area contributed by atoms with Crippen LogP contribution in [0.25, 0.3) is 0 Å². The third-order valence-corrected chi connectivity index (χ3v) is 2.79. The van der Waals surface area contributed by atoms with E-state index >= 15 is 0 Å². The van der Waals surface area contributed by atoms with E-state index in [1.165, 1.54) is 7.11 Å². The van der Waals surface area contributed by atoms with E-state index in [1.807, 2.05) is 18.2 Å². The molecule has 0 aromatic heterocycles. The fourth-order valence-electron chi connectivity index (χ4n) is 1.97. The number of carbonyl (C=O) groups is 1. The van der Waals surface area contributed by atoms with Crippen molar-refractivity contribution in [3.8, 4) is 5.75 Å². The van der Waals surface area contributed by atoms with Crippen LogP contribution in [0, 0.1) is 0 Å². The van der Waals surface area contributed by atoms with Crippen molar-refractivity contribution in [2.24, 2.45) is 0 Å². The third kappa shape index (κ3) is 1.61. The summed E-state index contributed by atoms with van der Waals surface area (Å²) < 4.78 is 10.4. The zero-order valence-electron chi connectivity index (χ0n) is 10.0. The minimum Gasteiger partial charge on any atom is -0.424 e. The normalized spacial score (nSPS) is 19.5. The first kappa shape index (κ1) is 11.1. The van der Waals surface area contributed by atoms with Crippen LogP contribution in [-0.2, 0) is 14.9 Å². The maximum atomic E-state index is 11.6. The van der Waals surface area contributed by atoms with E-state index < -0.39 is 6.10 Å². The summed E-state index contributed by atoms with van der Waals surface area (Å²) >= 11 is 0. The Kier molecular flexibility index (Phi) is 2.50. The molecule has 3 heteroatoms. The molecule has 0 spiro atoms. The molecular weight excluding hydrogens is 204 g/mol. The number of rotatable bonds is 1. The summed E-state index contributed by atoms with van der Waals surface area (Å²) in [6.07, 6.45) is -0.572. The van der Waals surface area contributed by atoms with Gasteiger partial charge < -0.3 is 9.47 Å². The van der Waals surface area contributed by atoms with Gasteiger partial charge in [0.1, 0.15) is 5.75 Å². The summed E-state index contributed by atoms with van der Waals surface area (Å²) in [7, 11) is 1.52. The highest BCUT2D eigenvalue weighted by Crippen LogP contribution is 2.42. The van der Waals surface area contributed by atoms with Gasteiger partial charge in [-0.3, -0.25) is 0 Å². The number of methoxy groups -OCH3 is 1. The second-order valence-corrected chi connectivity index (χ2v) is 5.01. The predicted molar refractivity (Wildman–Crippen MR) is 60.5 cm³/mol. The molecule has 1 aromatic rings. The lowest BCUT2D eigenvalue weighted by Crippen LogP contribution is -2.13. The molecule has 1 unspecified atom stereocenters. The first-order valence-electron chi connectivity index (χ1n) is 5.33. The third-order valence-electron chi connectivity index (χ3n) is 2.79. The van der Waals surface area contributed by atoms with Crippen LogP contribution in [0.15, 0.2) is 18.2 Å². The average molecular weight is 220 g/mol. The molecule has 1 aromatic carbocycles. The summed E-state index contributed by atoms with van der Waals surface area (Å²) in [4.78, 5) is 11.6. The van der Waals surface area contributed by atoms with E-state index in [4.69, 9.17) is 9.47 Å². The van der Waals surface area contributed by atoms with Crippen molar-refractivity contribution in [1.29, 1.82) is 0 Å². The van der Waals surface area contributed by atoms with Crippen molar-refractivity contribution in [2.45, 2.75) is 32.3 Å². The minimum atomic E-state index is -0.572. The van der Waals surface area contributed by atoms with Crippen LogP contribution in [-0.4, -0.2) is 13.1 Å². The van der Waals surface area contributed by atoms with Gasteiger partial charge in [-0.05, 0) is 5.41 Å². The fourth-order valence-corrected chi connectivity index (χ4v) is 1.97. The molecule has 3 nitrogen and oxygen atoms in total. The van der Waals surface area contributed by atoms with Crippen LogP contribution in [0.5, 0.6) is 5.75 Å². The zero-order chi connectivity index (χ0) is 11.9. The van der Waals surface area contributed by atoms with Crippen LogP contribution < -0.4 is 4.74 Å². The first-order valence-corrected chi connectivity index (χ1v) is 5.33. The molecule has 1 heterocycles. The lowest BCUT2D eigenvalue weighted by Gasteiger charge is -2.21. The second-order valence-electron chi connectivity index (χ2n) is 5.01. The smallest absolute Gasteiger partial charge is 0.345 e. The van der Waals surface area contributed by atoms with E-state index in [0.29, 0.717) is 5.75 Å². The van der Waals surface area contributed by atoms with Gasteiger partial charge in [0, 0.05) is 18.2 Å². The van der Waals surface area contributed by atoms with Gasteiger partial charge in [0.05, 0.1) is 0 Å². The standard InChI is InChI=1S/C13H16O3/c1-13(2,3)9-7-5-6-8-10(9)16-12(14)11(8)15-4/h5-7,11H,1-4H3. The number of esters is 1. The molecule has 1 aliphatic rings. The van der Waals surface area contributed by atoms with E-state index in [2.05, 4.69) is 20.8 Å². The maximum Gasteiger partial charge on any atom is 0.345 e. The van der Waals surface area contributed by atoms with Crippen molar-refractivity contribution in [3.05, 3.63) is 29.3 Å². The van der Waals surface area contributed by atoms with E-state index in [9.17, 15) is 4.79 Å². The molecule has 16 heavy (non-hydrogen) atoms. The van der Waals surface area contributed by atoms with Gasteiger partial charge in [-0.1, -0.05) is 39.0 Å². The number of hydrogen-bond acceptors (Lipinski definition) is 3. The quantitative estimate of drug-likeness (QED) is 0.539. The van der Waals surface area contributed by atoms with E-state index in [1.54, 1.807) is 0 Å². The van der Waals surface area contributed by atoms with Crippen molar-refractivity contribution in [3.63, 3.8) is 0 Å². The molecule has 0 saturated heterocycles. The largest absolute Gasteiger partial charge is 0.424 e. The van der Waals surface area contributed by atoms with Crippen LogP contribution in [0.2, 0.25) is 0 Å². The van der Waals surface area contributed by atoms with Crippen LogP contribution in [0.3, 0.4) is 0 Å². The average Bonchev–Trinajstić information content (AvgIpc) is 2.50. The Morgan fingerprint density at radius 2 is 2.00 bits per heavy atom. The van der Waals surface area contributed by atoms with Gasteiger partial charge in [0.15, 0.2) is 6.10 Å². The van der Waals surface area contributed by atoms with Crippen molar-refractivity contribution >= 4 is 5.97 Å². The maximum absolute atomic E-state index is 11.6. The fraction of sp³-hybridized carbons (Fsp3) is 0.462. The van der Waals surface area contributed by atoms with E-state index in [-0.39, 0.29) is 11.4 Å². The summed E-state index contributed by atoms with van der Waals surface area (Å²) in [5.74, 6) is 0.348. The van der Waals surface area contributed by atoms with Gasteiger partial charge in [0.25, 0.3) is 0 Å². The molecule has 1 aliphatic heterocycles. The number of fused-ring (bicyclic) bond motifs is 1. The number of carbonyl (C=O) groups excluding carboxylic acids is 1. The Balaban J connectivity index is 2.56. The van der Waals surface area contributed by atoms with Gasteiger partial charge >= 0.3 is 5.97 Å². The SMILES string of the molecule is COC1C(=O)Oc2c1cccc2C(C)(C)C. The van der Waals surface area contributed by atoms with Gasteiger partial charge in [0.2, 0.25) is 0 Å². The van der Waals surface area contributed by atoms with Crippen LogP contribution in [0.4, 0.5) is 0 Å². The molecular formula is C13H16O3. The molecule has 0 saturated carbocycles. The number of benzene rings is 1. The van der Waals surface area contributed by atoms with Crippen molar-refractivity contribution < 1.29 is 14.3 Å². The minimum absolute atomic E-state index is 0.0474. The molecule has 0 radical (unpaired) electrons. The van der Waals surface area contributed by atoms with Gasteiger partial charge in [-0.25, -0.2) is 4.79 Å². The van der Waals surface area contributed by atoms with Crippen molar-refractivity contribution in [1.82, 2.24) is 0 Å². The molecule has 2 rings (SSSR count). The summed E-state index contributed by atoms with van der Waals surface area (Å²) in [5.41, 5.74) is 1.83. The number of para-hydroxylation sites is 1. The van der Waals surface area contributed by atoms with Crippen molar-refractivity contribution in [2.75, 3.05) is 7.11 Å². The van der Waals surface area contributed by atoms with Gasteiger partial charge in [-0.2, -0.15) is 0 Å². The van der Waals surface area contributed by atoms with E-state index in [0.717, 1.165) is 11.1 Å². The Morgan fingerprint density at radius 1 is 1.31 bits per heavy atom. The molecule has 0 N–H and O–H groups in total. The monoisotopic (exact) mass is 220 g/mol. The summed E-state index contributed by atoms with van der Waals surface area (Å²) in [6, 6.07) is 5.81. The Hall–Kier alpha value is -1.35. The summed E-state index contributed by atoms with van der Waals surface area (Å²) in [6.45, 7) is 6.28. The Morgan fingerprint density at radius 3 is 2.56 bits per heavy atom. The first-order chi connectivity index (χ1) is 7.45. The number of ether oxygens (including phenoxy) is 2. The predicted octanol–water partition coefficient (Wildman–Crippen LogP) is 2.59. The molecule has 0 amide bonds. The van der Waals surface area contributed by atoms with Crippen LogP contribution >= 0.6 is 0 Å². The molecule has 86 valence electrons. The molecule has 1 atom stereocenters. The highest BCUT2D eigenvalue weighted by molar-refractivity contribution is 5.85. The molecule has 0 fully saturated rings. The van der Waals surface area contributed by atoms with Gasteiger partial charge in [-0.15, -0.1) is 0 Å². The second kappa shape index (κ2) is 3.59. The highest BCUT2D eigenvalue weighted by atomic mass is 16.6.